The second kappa shape index (κ2) is 5.05. The lowest BCUT2D eigenvalue weighted by Crippen LogP contribution is -2.45. The van der Waals surface area contributed by atoms with Crippen LogP contribution in [-0.2, 0) is 0 Å². The summed E-state index contributed by atoms with van der Waals surface area (Å²) in [7, 11) is 4.36. The summed E-state index contributed by atoms with van der Waals surface area (Å²) >= 11 is 0. The van der Waals surface area contributed by atoms with E-state index in [-0.39, 0.29) is 5.60 Å². The van der Waals surface area contributed by atoms with Crippen LogP contribution in [0, 0.1) is 0 Å². The van der Waals surface area contributed by atoms with Crippen molar-refractivity contribution in [1.29, 1.82) is 0 Å². The second-order valence-electron chi connectivity index (χ2n) is 6.85. The first kappa shape index (κ1) is 13.9. The molecule has 2 aliphatic heterocycles. The van der Waals surface area contributed by atoms with Gasteiger partial charge >= 0.3 is 0 Å². The van der Waals surface area contributed by atoms with Crippen LogP contribution in [0.25, 0.3) is 0 Å². The highest BCUT2D eigenvalue weighted by Crippen LogP contribution is 2.44. The molecule has 0 bridgehead atoms. The third kappa shape index (κ3) is 2.33. The Balaban J connectivity index is 2.01. The molecule has 0 aromatic heterocycles. The van der Waals surface area contributed by atoms with E-state index >= 15 is 0 Å². The minimum atomic E-state index is 0.00127. The first-order chi connectivity index (χ1) is 9.51. The highest BCUT2D eigenvalue weighted by Gasteiger charge is 2.43. The van der Waals surface area contributed by atoms with Crippen molar-refractivity contribution in [2.75, 3.05) is 27.2 Å². The van der Waals surface area contributed by atoms with Gasteiger partial charge in [0.2, 0.25) is 0 Å². The van der Waals surface area contributed by atoms with E-state index in [1.807, 2.05) is 0 Å². The van der Waals surface area contributed by atoms with Crippen LogP contribution in [0.4, 0.5) is 0 Å². The standard InChI is InChI=1S/C17H26N2O/c1-12(2)13-5-6-16-14(9-13)15(19(3)4)10-17(20-16)7-8-18-11-17/h5-6,9,12,15,18H,7-8,10-11H2,1-4H3. The molecule has 0 aliphatic carbocycles. The maximum atomic E-state index is 6.41. The molecule has 1 aromatic carbocycles. The summed E-state index contributed by atoms with van der Waals surface area (Å²) in [5, 5.41) is 3.46. The molecule has 2 atom stereocenters. The molecular weight excluding hydrogens is 248 g/mol. The normalized spacial score (nSPS) is 29.0. The zero-order chi connectivity index (χ0) is 14.3. The Labute approximate surface area is 122 Å². The maximum Gasteiger partial charge on any atom is 0.125 e. The molecule has 3 rings (SSSR count). The van der Waals surface area contributed by atoms with Crippen LogP contribution in [0.15, 0.2) is 18.2 Å². The average Bonchev–Trinajstić information content (AvgIpc) is 2.85. The van der Waals surface area contributed by atoms with Crippen molar-refractivity contribution in [3.8, 4) is 5.75 Å². The molecule has 1 spiro atoms. The molecule has 0 radical (unpaired) electrons. The minimum absolute atomic E-state index is 0.00127. The summed E-state index contributed by atoms with van der Waals surface area (Å²) in [5.74, 6) is 1.65. The lowest BCUT2D eigenvalue weighted by atomic mass is 9.84. The van der Waals surface area contributed by atoms with E-state index in [1.54, 1.807) is 0 Å². The Morgan fingerprint density at radius 3 is 2.75 bits per heavy atom. The first-order valence-corrected chi connectivity index (χ1v) is 7.71. The molecule has 1 N–H and O–H groups in total. The van der Waals surface area contributed by atoms with Crippen molar-refractivity contribution in [2.24, 2.45) is 0 Å². The van der Waals surface area contributed by atoms with Crippen molar-refractivity contribution in [3.63, 3.8) is 0 Å². The van der Waals surface area contributed by atoms with Crippen molar-refractivity contribution in [3.05, 3.63) is 29.3 Å². The summed E-state index contributed by atoms with van der Waals surface area (Å²) in [6, 6.07) is 7.20. The molecule has 1 aromatic rings. The lowest BCUT2D eigenvalue weighted by Gasteiger charge is -2.42. The molecule has 0 amide bonds. The fraction of sp³-hybridized carbons (Fsp3) is 0.647. The average molecular weight is 274 g/mol. The highest BCUT2D eigenvalue weighted by atomic mass is 16.5. The number of hydrogen-bond donors (Lipinski definition) is 1. The van der Waals surface area contributed by atoms with Gasteiger partial charge in [0.15, 0.2) is 0 Å². The number of fused-ring (bicyclic) bond motifs is 1. The lowest BCUT2D eigenvalue weighted by molar-refractivity contribution is 0.0288. The number of ether oxygens (including phenoxy) is 1. The first-order valence-electron chi connectivity index (χ1n) is 7.71. The van der Waals surface area contributed by atoms with Crippen LogP contribution in [0.3, 0.4) is 0 Å². The van der Waals surface area contributed by atoms with Crippen LogP contribution < -0.4 is 10.1 Å². The van der Waals surface area contributed by atoms with Crippen LogP contribution in [-0.4, -0.2) is 37.7 Å². The SMILES string of the molecule is CC(C)c1ccc2c(c1)C(N(C)C)CC1(CCNC1)O2. The number of nitrogens with one attached hydrogen (secondary N) is 1. The molecule has 20 heavy (non-hydrogen) atoms. The highest BCUT2D eigenvalue weighted by molar-refractivity contribution is 5.43. The largest absolute Gasteiger partial charge is 0.485 e. The summed E-state index contributed by atoms with van der Waals surface area (Å²) < 4.78 is 6.41. The summed E-state index contributed by atoms with van der Waals surface area (Å²) in [6.45, 7) is 6.54. The van der Waals surface area contributed by atoms with Crippen LogP contribution >= 0.6 is 0 Å². The van der Waals surface area contributed by atoms with Gasteiger partial charge in [0, 0.05) is 31.0 Å². The molecule has 2 heterocycles. The summed E-state index contributed by atoms with van der Waals surface area (Å²) in [4.78, 5) is 2.34. The maximum absolute atomic E-state index is 6.41. The van der Waals surface area contributed by atoms with Gasteiger partial charge in [0.25, 0.3) is 0 Å². The molecule has 110 valence electrons. The van der Waals surface area contributed by atoms with Gasteiger partial charge in [-0.15, -0.1) is 0 Å². The molecule has 2 unspecified atom stereocenters. The zero-order valence-electron chi connectivity index (χ0n) is 13.1. The Hall–Kier alpha value is -1.06. The Morgan fingerprint density at radius 1 is 1.35 bits per heavy atom. The minimum Gasteiger partial charge on any atom is -0.485 e. The van der Waals surface area contributed by atoms with E-state index in [1.165, 1.54) is 11.1 Å². The molecule has 3 heteroatoms. The Bertz CT molecular complexity index is 490. The van der Waals surface area contributed by atoms with Crippen LogP contribution in [0.5, 0.6) is 5.75 Å². The van der Waals surface area contributed by atoms with Crippen LogP contribution in [0.2, 0.25) is 0 Å². The van der Waals surface area contributed by atoms with Gasteiger partial charge in [0.1, 0.15) is 11.4 Å². The molecule has 1 saturated heterocycles. The molecule has 0 saturated carbocycles. The van der Waals surface area contributed by atoms with Gasteiger partial charge in [-0.05, 0) is 38.2 Å². The Kier molecular flexibility index (Phi) is 3.51. The monoisotopic (exact) mass is 274 g/mol. The van der Waals surface area contributed by atoms with Crippen molar-refractivity contribution >= 4 is 0 Å². The third-order valence-corrected chi connectivity index (χ3v) is 4.78. The van der Waals surface area contributed by atoms with Gasteiger partial charge < -0.3 is 15.0 Å². The quantitative estimate of drug-likeness (QED) is 0.897. The van der Waals surface area contributed by atoms with Crippen molar-refractivity contribution in [2.45, 2.75) is 44.2 Å². The second-order valence-corrected chi connectivity index (χ2v) is 6.85. The van der Waals surface area contributed by atoms with Gasteiger partial charge in [-0.2, -0.15) is 0 Å². The van der Waals surface area contributed by atoms with E-state index in [0.717, 1.165) is 31.7 Å². The van der Waals surface area contributed by atoms with Gasteiger partial charge in [0.05, 0.1) is 0 Å². The smallest absolute Gasteiger partial charge is 0.125 e. The molecular formula is C17H26N2O. The number of benzene rings is 1. The van der Waals surface area contributed by atoms with E-state index in [9.17, 15) is 0 Å². The summed E-state index contributed by atoms with van der Waals surface area (Å²) in [6.07, 6.45) is 2.20. The van der Waals surface area contributed by atoms with Crippen molar-refractivity contribution < 1.29 is 4.74 Å². The van der Waals surface area contributed by atoms with E-state index in [0.29, 0.717) is 12.0 Å². The fourth-order valence-corrected chi connectivity index (χ4v) is 3.46. The van der Waals surface area contributed by atoms with E-state index < -0.39 is 0 Å². The predicted molar refractivity (Wildman–Crippen MR) is 82.4 cm³/mol. The number of hydrogen-bond acceptors (Lipinski definition) is 3. The van der Waals surface area contributed by atoms with Gasteiger partial charge in [-0.25, -0.2) is 0 Å². The molecule has 3 nitrogen and oxygen atoms in total. The topological polar surface area (TPSA) is 24.5 Å². The number of nitrogens with zero attached hydrogens (tertiary/aromatic N) is 1. The third-order valence-electron chi connectivity index (χ3n) is 4.78. The van der Waals surface area contributed by atoms with Gasteiger partial charge in [-0.3, -0.25) is 0 Å². The van der Waals surface area contributed by atoms with Crippen molar-refractivity contribution in [1.82, 2.24) is 10.2 Å². The predicted octanol–water partition coefficient (Wildman–Crippen LogP) is 2.93. The molecule has 1 fully saturated rings. The van der Waals surface area contributed by atoms with E-state index in [4.69, 9.17) is 4.74 Å². The molecule has 2 aliphatic rings. The fourth-order valence-electron chi connectivity index (χ4n) is 3.46. The number of rotatable bonds is 2. The van der Waals surface area contributed by atoms with Crippen LogP contribution in [0.1, 0.15) is 49.8 Å². The summed E-state index contributed by atoms with van der Waals surface area (Å²) in [5.41, 5.74) is 2.76. The van der Waals surface area contributed by atoms with Gasteiger partial charge in [-0.1, -0.05) is 26.0 Å². The van der Waals surface area contributed by atoms with E-state index in [2.05, 4.69) is 56.4 Å². The zero-order valence-corrected chi connectivity index (χ0v) is 13.1. The Morgan fingerprint density at radius 2 is 2.15 bits per heavy atom.